The van der Waals surface area contributed by atoms with Crippen LogP contribution in [-0.4, -0.2) is 88.9 Å². The van der Waals surface area contributed by atoms with Gasteiger partial charge in [0, 0.05) is 43.8 Å². The van der Waals surface area contributed by atoms with E-state index in [0.29, 0.717) is 25.0 Å². The van der Waals surface area contributed by atoms with E-state index < -0.39 is 17.8 Å². The summed E-state index contributed by atoms with van der Waals surface area (Å²) in [6, 6.07) is 2.81. The molecule has 4 rings (SSSR count). The maximum absolute atomic E-state index is 13.7. The zero-order chi connectivity index (χ0) is 28.9. The largest absolute Gasteiger partial charge is 0.417 e. The van der Waals surface area contributed by atoms with Crippen LogP contribution in [0.3, 0.4) is 0 Å². The van der Waals surface area contributed by atoms with E-state index in [0.717, 1.165) is 96.2 Å². The van der Waals surface area contributed by atoms with Crippen molar-refractivity contribution < 1.29 is 27.8 Å². The third kappa shape index (κ3) is 8.63. The number of piperidine rings is 2. The van der Waals surface area contributed by atoms with Crippen LogP contribution in [0.25, 0.3) is 0 Å². The van der Waals surface area contributed by atoms with E-state index in [1.54, 1.807) is 4.90 Å². The number of halogens is 3. The Kier molecular flexibility index (Phi) is 10.5. The van der Waals surface area contributed by atoms with Crippen molar-refractivity contribution in [3.05, 3.63) is 23.9 Å². The molecule has 3 fully saturated rings. The van der Waals surface area contributed by atoms with Crippen molar-refractivity contribution in [3.8, 4) is 0 Å². The molecule has 2 aliphatic heterocycles. The highest BCUT2D eigenvalue weighted by molar-refractivity contribution is 5.94. The van der Waals surface area contributed by atoms with Crippen LogP contribution in [0.15, 0.2) is 18.3 Å². The molecule has 0 bridgehead atoms. The monoisotopic (exact) mass is 568 g/mol. The SMILES string of the molecule is CC(C)(C)OCC(O)CN1CCC(N2CCC(N(C(=O)C3CCCCC3)c3ccc(C(F)(F)F)cn3)CC2)CC1. The average Bonchev–Trinajstić information content (AvgIpc) is 2.93. The summed E-state index contributed by atoms with van der Waals surface area (Å²) in [7, 11) is 0. The highest BCUT2D eigenvalue weighted by Crippen LogP contribution is 2.34. The zero-order valence-corrected chi connectivity index (χ0v) is 24.3. The molecule has 0 spiro atoms. The zero-order valence-electron chi connectivity index (χ0n) is 24.3. The summed E-state index contributed by atoms with van der Waals surface area (Å²) in [5.41, 5.74) is -1.06. The van der Waals surface area contributed by atoms with Gasteiger partial charge < -0.3 is 19.6 Å². The van der Waals surface area contributed by atoms with E-state index in [1.807, 2.05) is 20.8 Å². The second-order valence-corrected chi connectivity index (χ2v) is 12.8. The summed E-state index contributed by atoms with van der Waals surface area (Å²) in [4.78, 5) is 24.4. The van der Waals surface area contributed by atoms with Crippen molar-refractivity contribution in [2.24, 2.45) is 5.92 Å². The second-order valence-electron chi connectivity index (χ2n) is 12.8. The maximum atomic E-state index is 13.7. The van der Waals surface area contributed by atoms with Crippen LogP contribution in [0.5, 0.6) is 0 Å². The number of amides is 1. The first-order valence-electron chi connectivity index (χ1n) is 15.1. The highest BCUT2D eigenvalue weighted by Gasteiger charge is 2.37. The quantitative estimate of drug-likeness (QED) is 0.470. The molecule has 7 nitrogen and oxygen atoms in total. The van der Waals surface area contributed by atoms with Gasteiger partial charge in [0.25, 0.3) is 0 Å². The predicted octanol–water partition coefficient (Wildman–Crippen LogP) is 5.12. The number of carbonyl (C=O) groups is 1. The van der Waals surface area contributed by atoms with Crippen LogP contribution in [-0.2, 0) is 15.7 Å². The number of pyridine rings is 1. The number of β-amino-alcohol motifs (C(OH)–C–C–N with tert-alkyl or cyclic N) is 1. The Morgan fingerprint density at radius 1 is 1.02 bits per heavy atom. The summed E-state index contributed by atoms with van der Waals surface area (Å²) in [5, 5.41) is 10.4. The number of anilines is 1. The van der Waals surface area contributed by atoms with Gasteiger partial charge in [-0.2, -0.15) is 13.2 Å². The Hall–Kier alpha value is -1.75. The molecule has 10 heteroatoms. The third-order valence-corrected chi connectivity index (χ3v) is 8.63. The van der Waals surface area contributed by atoms with Gasteiger partial charge in [-0.3, -0.25) is 9.69 Å². The number of ether oxygens (including phenoxy) is 1. The maximum Gasteiger partial charge on any atom is 0.417 e. The summed E-state index contributed by atoms with van der Waals surface area (Å²) < 4.78 is 45.2. The summed E-state index contributed by atoms with van der Waals surface area (Å²) in [6.07, 6.45) is 4.36. The van der Waals surface area contributed by atoms with Crippen molar-refractivity contribution in [2.45, 2.75) is 109 Å². The number of carbonyl (C=O) groups excluding carboxylic acids is 1. The molecule has 0 aromatic carbocycles. The van der Waals surface area contributed by atoms with Gasteiger partial charge >= 0.3 is 6.18 Å². The molecule has 1 saturated carbocycles. The number of aliphatic hydroxyl groups excluding tert-OH is 1. The van der Waals surface area contributed by atoms with Gasteiger partial charge in [-0.25, -0.2) is 4.98 Å². The van der Waals surface area contributed by atoms with E-state index in [4.69, 9.17) is 4.74 Å². The molecule has 1 aromatic rings. The van der Waals surface area contributed by atoms with Gasteiger partial charge in [0.15, 0.2) is 0 Å². The minimum Gasteiger partial charge on any atom is -0.389 e. The van der Waals surface area contributed by atoms with Crippen molar-refractivity contribution in [2.75, 3.05) is 44.2 Å². The fourth-order valence-corrected chi connectivity index (χ4v) is 6.40. The van der Waals surface area contributed by atoms with Crippen molar-refractivity contribution >= 4 is 11.7 Å². The summed E-state index contributed by atoms with van der Waals surface area (Å²) >= 11 is 0. The van der Waals surface area contributed by atoms with E-state index in [1.165, 1.54) is 6.07 Å². The molecule has 226 valence electrons. The third-order valence-electron chi connectivity index (χ3n) is 8.63. The fourth-order valence-electron chi connectivity index (χ4n) is 6.40. The fraction of sp³-hybridized carbons (Fsp3) is 0.800. The van der Waals surface area contributed by atoms with Crippen molar-refractivity contribution in [3.63, 3.8) is 0 Å². The molecule has 1 unspecified atom stereocenters. The van der Waals surface area contributed by atoms with E-state index in [-0.39, 0.29) is 23.5 Å². The Morgan fingerprint density at radius 2 is 1.68 bits per heavy atom. The molecule has 3 heterocycles. The van der Waals surface area contributed by atoms with Gasteiger partial charge in [-0.1, -0.05) is 19.3 Å². The molecule has 1 amide bonds. The molecule has 1 atom stereocenters. The predicted molar refractivity (Wildman–Crippen MR) is 149 cm³/mol. The van der Waals surface area contributed by atoms with Crippen LogP contribution in [0.1, 0.15) is 84.1 Å². The number of nitrogens with zero attached hydrogens (tertiary/aromatic N) is 4. The summed E-state index contributed by atoms with van der Waals surface area (Å²) in [6.45, 7) is 10.5. The number of hydrogen-bond donors (Lipinski definition) is 1. The number of alkyl halides is 3. The normalized spacial score (nSPS) is 22.4. The van der Waals surface area contributed by atoms with Crippen LogP contribution in [0.2, 0.25) is 0 Å². The van der Waals surface area contributed by atoms with Gasteiger partial charge in [0.1, 0.15) is 5.82 Å². The lowest BCUT2D eigenvalue weighted by Crippen LogP contribution is -2.54. The van der Waals surface area contributed by atoms with Crippen LogP contribution >= 0.6 is 0 Å². The molecular weight excluding hydrogens is 521 g/mol. The second kappa shape index (κ2) is 13.5. The molecule has 1 N–H and O–H groups in total. The van der Waals surface area contributed by atoms with Crippen molar-refractivity contribution in [1.29, 1.82) is 0 Å². The van der Waals surface area contributed by atoms with Crippen molar-refractivity contribution in [1.82, 2.24) is 14.8 Å². The lowest BCUT2D eigenvalue weighted by molar-refractivity contribution is -0.137. The Balaban J connectivity index is 1.33. The minimum absolute atomic E-state index is 0.0210. The van der Waals surface area contributed by atoms with Crippen LogP contribution in [0.4, 0.5) is 19.0 Å². The van der Waals surface area contributed by atoms with Crippen LogP contribution < -0.4 is 4.90 Å². The van der Waals surface area contributed by atoms with Gasteiger partial charge in [-0.05, 0) is 84.5 Å². The van der Waals surface area contributed by atoms with Crippen LogP contribution in [0, 0.1) is 5.92 Å². The Morgan fingerprint density at radius 3 is 2.23 bits per heavy atom. The Bertz CT molecular complexity index is 931. The minimum atomic E-state index is -4.46. The molecule has 1 aliphatic carbocycles. The molecular formula is C30H47F3N4O3. The number of hydrogen-bond acceptors (Lipinski definition) is 6. The average molecular weight is 569 g/mol. The number of aromatic nitrogens is 1. The van der Waals surface area contributed by atoms with Gasteiger partial charge in [-0.15, -0.1) is 0 Å². The number of rotatable bonds is 8. The molecule has 1 aromatic heterocycles. The lowest BCUT2D eigenvalue weighted by Gasteiger charge is -2.44. The highest BCUT2D eigenvalue weighted by atomic mass is 19.4. The first-order valence-corrected chi connectivity index (χ1v) is 15.1. The first-order chi connectivity index (χ1) is 18.9. The van der Waals surface area contributed by atoms with Gasteiger partial charge in [0.2, 0.25) is 5.91 Å². The first kappa shape index (κ1) is 31.2. The molecule has 2 saturated heterocycles. The lowest BCUT2D eigenvalue weighted by atomic mass is 9.87. The summed E-state index contributed by atoms with van der Waals surface area (Å²) in [5.74, 6) is 0.279. The van der Waals surface area contributed by atoms with Gasteiger partial charge in [0.05, 0.1) is 23.9 Å². The Labute approximate surface area is 237 Å². The topological polar surface area (TPSA) is 69.1 Å². The molecule has 40 heavy (non-hydrogen) atoms. The number of aliphatic hydroxyl groups is 1. The van der Waals surface area contributed by atoms with E-state index in [2.05, 4.69) is 14.8 Å². The smallest absolute Gasteiger partial charge is 0.389 e. The molecule has 0 radical (unpaired) electrons. The standard InChI is InChI=1S/C30H47F3N4O3/c1-29(2,3)40-21-26(38)20-35-15-11-24(12-16-35)36-17-13-25(14-18-36)37(28(39)22-7-5-4-6-8-22)27-10-9-23(19-34-27)30(31,32)33/h9-10,19,22,24-26,38H,4-8,11-18,20-21H2,1-3H3. The molecule has 3 aliphatic rings. The van der Waals surface area contributed by atoms with E-state index in [9.17, 15) is 23.1 Å². The number of likely N-dealkylation sites (tertiary alicyclic amines) is 2. The van der Waals surface area contributed by atoms with E-state index >= 15 is 0 Å².